The first-order valence-corrected chi connectivity index (χ1v) is 10.5. The normalized spacial score (nSPS) is 12.5. The molecule has 0 saturated carbocycles. The second-order valence-corrected chi connectivity index (χ2v) is 8.65. The Labute approximate surface area is 164 Å². The molecule has 140 valence electrons. The van der Waals surface area contributed by atoms with Crippen LogP contribution in [0.25, 0.3) is 0 Å². The molecule has 0 heterocycles. The summed E-state index contributed by atoms with van der Waals surface area (Å²) in [4.78, 5) is 12.3. The smallest absolute Gasteiger partial charge is 0.240 e. The number of carbonyl (C=O) groups is 1. The highest BCUT2D eigenvalue weighted by Crippen LogP contribution is 2.33. The van der Waals surface area contributed by atoms with Crippen LogP contribution in [0.4, 0.5) is 5.69 Å². The van der Waals surface area contributed by atoms with E-state index < -0.39 is 15.9 Å². The molecule has 8 heteroatoms. The van der Waals surface area contributed by atoms with E-state index in [2.05, 4.69) is 5.32 Å². The van der Waals surface area contributed by atoms with E-state index in [0.717, 1.165) is 16.1 Å². The number of hydrogen-bond donors (Lipinski definition) is 1. The quantitative estimate of drug-likeness (QED) is 0.750. The number of sulfonamides is 1. The molecular weight excluding hydrogens is 395 g/mol. The van der Waals surface area contributed by atoms with Crippen LogP contribution in [-0.2, 0) is 14.8 Å². The van der Waals surface area contributed by atoms with E-state index in [1.54, 1.807) is 12.1 Å². The zero-order valence-electron chi connectivity index (χ0n) is 14.4. The number of benzene rings is 2. The number of rotatable bonds is 7. The van der Waals surface area contributed by atoms with Crippen molar-refractivity contribution in [2.24, 2.45) is 0 Å². The molecule has 0 radical (unpaired) electrons. The van der Waals surface area contributed by atoms with Crippen molar-refractivity contribution in [2.45, 2.75) is 12.8 Å². The lowest BCUT2D eigenvalue weighted by Crippen LogP contribution is -2.41. The first-order chi connectivity index (χ1) is 12.2. The predicted octanol–water partition coefficient (Wildman–Crippen LogP) is 3.68. The summed E-state index contributed by atoms with van der Waals surface area (Å²) in [5.41, 5.74) is 1.26. The van der Waals surface area contributed by atoms with Crippen molar-refractivity contribution in [2.75, 3.05) is 23.7 Å². The predicted molar refractivity (Wildman–Crippen MR) is 107 cm³/mol. The van der Waals surface area contributed by atoms with Crippen LogP contribution in [0, 0.1) is 0 Å². The molecular formula is C18H20Cl2N2O3S. The van der Waals surface area contributed by atoms with Crippen molar-refractivity contribution >= 4 is 44.8 Å². The van der Waals surface area contributed by atoms with Gasteiger partial charge in [-0.15, -0.1) is 0 Å². The summed E-state index contributed by atoms with van der Waals surface area (Å²) >= 11 is 12.1. The van der Waals surface area contributed by atoms with Crippen molar-refractivity contribution in [3.05, 3.63) is 64.1 Å². The standard InChI is InChI=1S/C18H20Cl2N2O3S/c1-13(14-7-4-3-5-8-14)11-21-17(23)12-22(26(2,24)25)16-10-6-9-15(19)18(16)20/h3-10,13H,11-12H2,1-2H3,(H,21,23)/t13-/m0/s1. The molecule has 0 aliphatic rings. The van der Waals surface area contributed by atoms with Crippen LogP contribution in [0.15, 0.2) is 48.5 Å². The van der Waals surface area contributed by atoms with E-state index in [-0.39, 0.29) is 28.2 Å². The van der Waals surface area contributed by atoms with Gasteiger partial charge in [0.25, 0.3) is 0 Å². The molecule has 1 amide bonds. The molecule has 2 rings (SSSR count). The SMILES string of the molecule is C[C@@H](CNC(=O)CN(c1cccc(Cl)c1Cl)S(C)(=O)=O)c1ccccc1. The molecule has 0 saturated heterocycles. The average molecular weight is 415 g/mol. The highest BCUT2D eigenvalue weighted by atomic mass is 35.5. The number of nitrogens with zero attached hydrogens (tertiary/aromatic N) is 1. The molecule has 0 bridgehead atoms. The van der Waals surface area contributed by atoms with Gasteiger partial charge in [-0.1, -0.05) is 66.5 Å². The van der Waals surface area contributed by atoms with Gasteiger partial charge in [0.15, 0.2) is 0 Å². The molecule has 1 N–H and O–H groups in total. The van der Waals surface area contributed by atoms with Crippen molar-refractivity contribution in [3.63, 3.8) is 0 Å². The maximum atomic E-state index is 12.3. The number of anilines is 1. The lowest BCUT2D eigenvalue weighted by atomic mass is 10.0. The summed E-state index contributed by atoms with van der Waals surface area (Å²) in [6, 6.07) is 14.4. The minimum Gasteiger partial charge on any atom is -0.354 e. The Hall–Kier alpha value is -1.76. The molecule has 0 fully saturated rings. The third kappa shape index (κ3) is 5.37. The van der Waals surface area contributed by atoms with Crippen molar-refractivity contribution < 1.29 is 13.2 Å². The zero-order valence-corrected chi connectivity index (χ0v) is 16.8. The number of carbonyl (C=O) groups excluding carboxylic acids is 1. The molecule has 0 aliphatic heterocycles. The Kier molecular flexibility index (Phi) is 6.92. The van der Waals surface area contributed by atoms with Crippen LogP contribution in [-0.4, -0.2) is 33.7 Å². The maximum absolute atomic E-state index is 12.3. The first kappa shape index (κ1) is 20.6. The minimum absolute atomic E-state index is 0.0880. The van der Waals surface area contributed by atoms with E-state index >= 15 is 0 Å². The summed E-state index contributed by atoms with van der Waals surface area (Å²) in [5, 5.41) is 3.07. The Balaban J connectivity index is 2.09. The third-order valence-electron chi connectivity index (χ3n) is 3.86. The first-order valence-electron chi connectivity index (χ1n) is 7.93. The van der Waals surface area contributed by atoms with Gasteiger partial charge in [0.1, 0.15) is 6.54 Å². The monoisotopic (exact) mass is 414 g/mol. The van der Waals surface area contributed by atoms with E-state index in [9.17, 15) is 13.2 Å². The summed E-state index contributed by atoms with van der Waals surface area (Å²) < 4.78 is 25.2. The van der Waals surface area contributed by atoms with Gasteiger partial charge in [-0.05, 0) is 23.6 Å². The van der Waals surface area contributed by atoms with Gasteiger partial charge in [0, 0.05) is 6.54 Å². The maximum Gasteiger partial charge on any atom is 0.240 e. The second-order valence-electron chi connectivity index (χ2n) is 5.96. The Bertz CT molecular complexity index is 873. The topological polar surface area (TPSA) is 66.5 Å². The summed E-state index contributed by atoms with van der Waals surface area (Å²) in [6.07, 6.45) is 1.02. The van der Waals surface area contributed by atoms with Crippen molar-refractivity contribution in [1.29, 1.82) is 0 Å². The van der Waals surface area contributed by atoms with Gasteiger partial charge < -0.3 is 5.32 Å². The molecule has 0 aromatic heterocycles. The number of halogens is 2. The van der Waals surface area contributed by atoms with Gasteiger partial charge in [-0.3, -0.25) is 9.10 Å². The van der Waals surface area contributed by atoms with Gasteiger partial charge >= 0.3 is 0 Å². The van der Waals surface area contributed by atoms with Crippen LogP contribution in [0.5, 0.6) is 0 Å². The van der Waals surface area contributed by atoms with Crippen LogP contribution >= 0.6 is 23.2 Å². The third-order valence-corrected chi connectivity index (χ3v) is 5.80. The second kappa shape index (κ2) is 8.75. The Morgan fingerprint density at radius 1 is 1.12 bits per heavy atom. The minimum atomic E-state index is -3.71. The van der Waals surface area contributed by atoms with Gasteiger partial charge in [-0.25, -0.2) is 8.42 Å². The van der Waals surface area contributed by atoms with Crippen LogP contribution < -0.4 is 9.62 Å². The highest BCUT2D eigenvalue weighted by Gasteiger charge is 2.24. The molecule has 2 aromatic carbocycles. The summed E-state index contributed by atoms with van der Waals surface area (Å²) in [7, 11) is -3.71. The lowest BCUT2D eigenvalue weighted by molar-refractivity contribution is -0.119. The molecule has 0 unspecified atom stereocenters. The van der Waals surface area contributed by atoms with Gasteiger partial charge in [0.2, 0.25) is 15.9 Å². The molecule has 0 aliphatic carbocycles. The highest BCUT2D eigenvalue weighted by molar-refractivity contribution is 7.92. The Morgan fingerprint density at radius 2 is 1.77 bits per heavy atom. The summed E-state index contributed by atoms with van der Waals surface area (Å²) in [6.45, 7) is 2.00. The van der Waals surface area contributed by atoms with E-state index in [1.807, 2.05) is 37.3 Å². The van der Waals surface area contributed by atoms with Crippen LogP contribution in [0.1, 0.15) is 18.4 Å². The largest absolute Gasteiger partial charge is 0.354 e. The molecule has 2 aromatic rings. The average Bonchev–Trinajstić information content (AvgIpc) is 2.60. The Morgan fingerprint density at radius 3 is 2.38 bits per heavy atom. The van der Waals surface area contributed by atoms with Gasteiger partial charge in [-0.2, -0.15) is 0 Å². The molecule has 1 atom stereocenters. The summed E-state index contributed by atoms with van der Waals surface area (Å²) in [5.74, 6) is -0.323. The molecule has 5 nitrogen and oxygen atoms in total. The van der Waals surface area contributed by atoms with Crippen LogP contribution in [0.3, 0.4) is 0 Å². The van der Waals surface area contributed by atoms with Crippen molar-refractivity contribution in [1.82, 2.24) is 5.32 Å². The zero-order chi connectivity index (χ0) is 19.3. The number of hydrogen-bond acceptors (Lipinski definition) is 3. The van der Waals surface area contributed by atoms with Crippen LogP contribution in [0.2, 0.25) is 10.0 Å². The van der Waals surface area contributed by atoms with E-state index in [4.69, 9.17) is 23.2 Å². The molecule has 26 heavy (non-hydrogen) atoms. The van der Waals surface area contributed by atoms with Gasteiger partial charge in [0.05, 0.1) is 22.0 Å². The molecule has 0 spiro atoms. The number of nitrogens with one attached hydrogen (secondary N) is 1. The fourth-order valence-electron chi connectivity index (χ4n) is 2.42. The fraction of sp³-hybridized carbons (Fsp3) is 0.278. The van der Waals surface area contributed by atoms with Crippen molar-refractivity contribution in [3.8, 4) is 0 Å². The van der Waals surface area contributed by atoms with E-state index in [0.29, 0.717) is 6.54 Å². The fourth-order valence-corrected chi connectivity index (χ4v) is 3.73. The lowest BCUT2D eigenvalue weighted by Gasteiger charge is -2.23. The number of amides is 1. The van der Waals surface area contributed by atoms with E-state index in [1.165, 1.54) is 6.07 Å².